The molecule has 0 radical (unpaired) electrons. The number of rotatable bonds is 8. The van der Waals surface area contributed by atoms with Crippen molar-refractivity contribution in [2.45, 2.75) is 52.4 Å². The monoisotopic (exact) mass is 182 g/mol. The van der Waals surface area contributed by atoms with E-state index >= 15 is 0 Å². The smallest absolute Gasteiger partial charge is 0.119 e. The largest absolute Gasteiger partial charge is 0.303 e. The van der Waals surface area contributed by atoms with Crippen LogP contribution in [0, 0.1) is 5.92 Å². The summed E-state index contributed by atoms with van der Waals surface area (Å²) in [5.41, 5.74) is 0. The van der Waals surface area contributed by atoms with E-state index in [2.05, 4.69) is 26.0 Å². The third kappa shape index (κ3) is 9.32. The lowest BCUT2D eigenvalue weighted by molar-refractivity contribution is -0.107. The van der Waals surface area contributed by atoms with Crippen molar-refractivity contribution >= 4 is 6.29 Å². The molecule has 0 fully saturated rings. The van der Waals surface area contributed by atoms with Crippen molar-refractivity contribution in [2.75, 3.05) is 0 Å². The molecule has 1 heteroatoms. The van der Waals surface area contributed by atoms with E-state index < -0.39 is 0 Å². The van der Waals surface area contributed by atoms with Crippen LogP contribution in [0.5, 0.6) is 0 Å². The number of hydrogen-bond donors (Lipinski definition) is 0. The van der Waals surface area contributed by atoms with Crippen LogP contribution in [0.2, 0.25) is 0 Å². The maximum atomic E-state index is 10.1. The Kier molecular flexibility index (Phi) is 9.07. The van der Waals surface area contributed by atoms with Crippen molar-refractivity contribution in [3.8, 4) is 0 Å². The molecule has 13 heavy (non-hydrogen) atoms. The molecule has 0 aliphatic rings. The predicted octanol–water partition coefficient (Wildman–Crippen LogP) is 3.74. The highest BCUT2D eigenvalue weighted by atomic mass is 16.1. The maximum Gasteiger partial charge on any atom is 0.119 e. The summed E-state index contributed by atoms with van der Waals surface area (Å²) in [6, 6.07) is 0. The average molecular weight is 182 g/mol. The van der Waals surface area contributed by atoms with Crippen molar-refractivity contribution in [2.24, 2.45) is 5.92 Å². The van der Waals surface area contributed by atoms with Gasteiger partial charge in [-0.1, -0.05) is 31.9 Å². The highest BCUT2D eigenvalue weighted by Crippen LogP contribution is 2.14. The second kappa shape index (κ2) is 9.50. The second-order valence-corrected chi connectivity index (χ2v) is 3.70. The predicted molar refractivity (Wildman–Crippen MR) is 57.7 cm³/mol. The first-order valence-corrected chi connectivity index (χ1v) is 5.36. The fraction of sp³-hybridized carbons (Fsp3) is 0.750. The van der Waals surface area contributed by atoms with E-state index in [0.29, 0.717) is 0 Å². The molecule has 0 saturated heterocycles. The second-order valence-electron chi connectivity index (χ2n) is 3.70. The molecule has 0 spiro atoms. The zero-order valence-electron chi connectivity index (χ0n) is 8.96. The van der Waals surface area contributed by atoms with Gasteiger partial charge in [0.05, 0.1) is 0 Å². The fourth-order valence-electron chi connectivity index (χ4n) is 1.44. The SMILES string of the molecule is CC=CCCCC(C)CCCC=O. The molecule has 1 atom stereocenters. The van der Waals surface area contributed by atoms with Crippen LogP contribution < -0.4 is 0 Å². The van der Waals surface area contributed by atoms with Crippen molar-refractivity contribution in [1.29, 1.82) is 0 Å². The van der Waals surface area contributed by atoms with Crippen LogP contribution in [0.1, 0.15) is 52.4 Å². The summed E-state index contributed by atoms with van der Waals surface area (Å²) in [6.45, 7) is 4.34. The highest BCUT2D eigenvalue weighted by molar-refractivity contribution is 5.48. The summed E-state index contributed by atoms with van der Waals surface area (Å²) in [5, 5.41) is 0. The van der Waals surface area contributed by atoms with Crippen LogP contribution in [-0.2, 0) is 4.79 Å². The third-order valence-corrected chi connectivity index (χ3v) is 2.32. The van der Waals surface area contributed by atoms with Gasteiger partial charge in [-0.25, -0.2) is 0 Å². The zero-order valence-corrected chi connectivity index (χ0v) is 8.96. The Bertz CT molecular complexity index is 138. The van der Waals surface area contributed by atoms with Gasteiger partial charge in [0.2, 0.25) is 0 Å². The normalized spacial score (nSPS) is 13.4. The van der Waals surface area contributed by atoms with Crippen LogP contribution in [0.25, 0.3) is 0 Å². The van der Waals surface area contributed by atoms with E-state index in [0.717, 1.165) is 25.0 Å². The minimum Gasteiger partial charge on any atom is -0.303 e. The minimum atomic E-state index is 0.735. The Morgan fingerprint density at radius 3 is 2.31 bits per heavy atom. The van der Waals surface area contributed by atoms with Crippen LogP contribution in [0.15, 0.2) is 12.2 Å². The molecule has 0 aliphatic heterocycles. The number of carbonyl (C=O) groups excluding carboxylic acids is 1. The quantitative estimate of drug-likeness (QED) is 0.317. The lowest BCUT2D eigenvalue weighted by atomic mass is 9.98. The first kappa shape index (κ1) is 12.4. The molecule has 0 heterocycles. The lowest BCUT2D eigenvalue weighted by Crippen LogP contribution is -1.94. The van der Waals surface area contributed by atoms with E-state index in [9.17, 15) is 4.79 Å². The third-order valence-electron chi connectivity index (χ3n) is 2.32. The Hall–Kier alpha value is -0.590. The van der Waals surface area contributed by atoms with Crippen LogP contribution in [-0.4, -0.2) is 6.29 Å². The molecule has 0 bridgehead atoms. The van der Waals surface area contributed by atoms with Gasteiger partial charge >= 0.3 is 0 Å². The lowest BCUT2D eigenvalue weighted by Gasteiger charge is -2.08. The first-order valence-electron chi connectivity index (χ1n) is 5.36. The summed E-state index contributed by atoms with van der Waals surface area (Å²) >= 11 is 0. The van der Waals surface area contributed by atoms with Crippen molar-refractivity contribution in [1.82, 2.24) is 0 Å². The van der Waals surface area contributed by atoms with E-state index in [1.165, 1.54) is 25.7 Å². The molecule has 0 N–H and O–H groups in total. The molecule has 0 aromatic heterocycles. The van der Waals surface area contributed by atoms with E-state index in [4.69, 9.17) is 0 Å². The summed E-state index contributed by atoms with van der Waals surface area (Å²) in [5.74, 6) is 0.783. The molecule has 0 rings (SSSR count). The van der Waals surface area contributed by atoms with Gasteiger partial charge in [0.1, 0.15) is 6.29 Å². The van der Waals surface area contributed by atoms with Gasteiger partial charge in [-0.15, -0.1) is 0 Å². The summed E-state index contributed by atoms with van der Waals surface area (Å²) in [4.78, 5) is 10.1. The molecule has 0 saturated carbocycles. The molecule has 0 aromatic carbocycles. The topological polar surface area (TPSA) is 17.1 Å². The van der Waals surface area contributed by atoms with Gasteiger partial charge in [-0.2, -0.15) is 0 Å². The van der Waals surface area contributed by atoms with Gasteiger partial charge in [0.15, 0.2) is 0 Å². The molecule has 0 aliphatic carbocycles. The number of hydrogen-bond acceptors (Lipinski definition) is 1. The standard InChI is InChI=1S/C12H22O/c1-3-4-5-6-9-12(2)10-7-8-11-13/h3-4,11-12H,5-10H2,1-2H3. The number of carbonyl (C=O) groups is 1. The fourth-order valence-corrected chi connectivity index (χ4v) is 1.44. The Morgan fingerprint density at radius 1 is 1.15 bits per heavy atom. The zero-order chi connectivity index (χ0) is 9.94. The van der Waals surface area contributed by atoms with Crippen LogP contribution in [0.4, 0.5) is 0 Å². The summed E-state index contributed by atoms with van der Waals surface area (Å²) in [6.07, 6.45) is 12.1. The Morgan fingerprint density at radius 2 is 1.77 bits per heavy atom. The maximum absolute atomic E-state index is 10.1. The van der Waals surface area contributed by atoms with Crippen LogP contribution in [0.3, 0.4) is 0 Å². The molecule has 1 nitrogen and oxygen atoms in total. The van der Waals surface area contributed by atoms with Gasteiger partial charge in [-0.3, -0.25) is 0 Å². The van der Waals surface area contributed by atoms with Crippen molar-refractivity contribution < 1.29 is 4.79 Å². The molecular weight excluding hydrogens is 160 g/mol. The average Bonchev–Trinajstić information content (AvgIpc) is 2.13. The van der Waals surface area contributed by atoms with Gasteiger partial charge in [0, 0.05) is 6.42 Å². The van der Waals surface area contributed by atoms with E-state index in [-0.39, 0.29) is 0 Å². The van der Waals surface area contributed by atoms with Crippen LogP contribution >= 0.6 is 0 Å². The summed E-state index contributed by atoms with van der Waals surface area (Å²) < 4.78 is 0. The van der Waals surface area contributed by atoms with Gasteiger partial charge in [-0.05, 0) is 32.1 Å². The van der Waals surface area contributed by atoms with Crippen molar-refractivity contribution in [3.05, 3.63) is 12.2 Å². The molecule has 76 valence electrons. The first-order chi connectivity index (χ1) is 6.31. The molecule has 0 aromatic rings. The van der Waals surface area contributed by atoms with Gasteiger partial charge in [0.25, 0.3) is 0 Å². The molecule has 0 amide bonds. The van der Waals surface area contributed by atoms with Gasteiger partial charge < -0.3 is 4.79 Å². The Labute approximate surface area is 82.2 Å². The summed E-state index contributed by atoms with van der Waals surface area (Å²) in [7, 11) is 0. The van der Waals surface area contributed by atoms with E-state index in [1.807, 2.05) is 0 Å². The Balaban J connectivity index is 3.19. The highest BCUT2D eigenvalue weighted by Gasteiger charge is 2.00. The van der Waals surface area contributed by atoms with E-state index in [1.54, 1.807) is 0 Å². The number of allylic oxidation sites excluding steroid dienone is 2. The molecular formula is C12H22O. The minimum absolute atomic E-state index is 0.735. The number of aldehydes is 1. The van der Waals surface area contributed by atoms with Crippen molar-refractivity contribution in [3.63, 3.8) is 0 Å². The number of unbranched alkanes of at least 4 members (excludes halogenated alkanes) is 2. The molecule has 1 unspecified atom stereocenters.